The molecule has 2 aromatic rings. The van der Waals surface area contributed by atoms with Gasteiger partial charge in [-0.25, -0.2) is 4.98 Å². The van der Waals surface area contributed by atoms with Gasteiger partial charge in [0.25, 0.3) is 0 Å². The summed E-state index contributed by atoms with van der Waals surface area (Å²) in [5.41, 5.74) is 2.39. The lowest BCUT2D eigenvalue weighted by Gasteiger charge is -2.43. The molecule has 1 aromatic heterocycles. The standard InChI is InChI=1S/C19H23N3OS/c1-21-18(23)7-8-19(21)9-11-22(12-10-19)13-17-20-16(14-24-17)15-5-3-2-4-6-15/h2-6,14H,7-13H2,1H3. The highest BCUT2D eigenvalue weighted by Crippen LogP contribution is 2.38. The van der Waals surface area contributed by atoms with Gasteiger partial charge in [-0.3, -0.25) is 9.69 Å². The summed E-state index contributed by atoms with van der Waals surface area (Å²) >= 11 is 1.75. The van der Waals surface area contributed by atoms with Crippen molar-refractivity contribution in [3.05, 3.63) is 40.7 Å². The van der Waals surface area contributed by atoms with Gasteiger partial charge in [-0.05, 0) is 19.3 Å². The number of carbonyl (C=O) groups is 1. The number of piperidine rings is 1. The monoisotopic (exact) mass is 341 g/mol. The smallest absolute Gasteiger partial charge is 0.222 e. The zero-order valence-electron chi connectivity index (χ0n) is 14.1. The fraction of sp³-hybridized carbons (Fsp3) is 0.474. The lowest BCUT2D eigenvalue weighted by molar-refractivity contribution is -0.130. The third-order valence-electron chi connectivity index (χ3n) is 5.66. The molecule has 2 aliphatic heterocycles. The van der Waals surface area contributed by atoms with Crippen molar-refractivity contribution in [2.24, 2.45) is 0 Å². The average Bonchev–Trinajstić information content (AvgIpc) is 3.19. The Balaban J connectivity index is 1.38. The van der Waals surface area contributed by atoms with Crippen LogP contribution in [0.5, 0.6) is 0 Å². The van der Waals surface area contributed by atoms with Crippen LogP contribution >= 0.6 is 11.3 Å². The van der Waals surface area contributed by atoms with E-state index in [1.807, 2.05) is 18.0 Å². The van der Waals surface area contributed by atoms with Crippen molar-refractivity contribution in [1.29, 1.82) is 0 Å². The topological polar surface area (TPSA) is 36.4 Å². The van der Waals surface area contributed by atoms with E-state index in [-0.39, 0.29) is 5.54 Å². The third-order valence-corrected chi connectivity index (χ3v) is 6.49. The van der Waals surface area contributed by atoms with Crippen molar-refractivity contribution in [2.75, 3.05) is 20.1 Å². The molecule has 1 aromatic carbocycles. The Morgan fingerprint density at radius 1 is 1.17 bits per heavy atom. The van der Waals surface area contributed by atoms with Crippen LogP contribution in [0, 0.1) is 0 Å². The number of hydrogen-bond donors (Lipinski definition) is 0. The Hall–Kier alpha value is -1.72. The first-order chi connectivity index (χ1) is 11.7. The quantitative estimate of drug-likeness (QED) is 0.858. The van der Waals surface area contributed by atoms with E-state index in [0.717, 1.165) is 51.0 Å². The molecule has 1 spiro atoms. The molecule has 0 saturated carbocycles. The molecule has 2 saturated heterocycles. The summed E-state index contributed by atoms with van der Waals surface area (Å²) in [4.78, 5) is 21.2. The molecular formula is C19H23N3OS. The van der Waals surface area contributed by atoms with E-state index in [2.05, 4.69) is 34.5 Å². The van der Waals surface area contributed by atoms with E-state index in [1.165, 1.54) is 10.6 Å². The zero-order chi connectivity index (χ0) is 16.6. The Morgan fingerprint density at radius 2 is 1.92 bits per heavy atom. The second-order valence-electron chi connectivity index (χ2n) is 6.95. The molecule has 0 radical (unpaired) electrons. The van der Waals surface area contributed by atoms with Crippen LogP contribution in [-0.2, 0) is 11.3 Å². The summed E-state index contributed by atoms with van der Waals surface area (Å²) in [6, 6.07) is 10.4. The molecule has 2 aliphatic rings. The number of likely N-dealkylation sites (tertiary alicyclic amines) is 2. The van der Waals surface area contributed by atoms with Gasteiger partial charge in [0, 0.05) is 43.0 Å². The molecule has 0 bridgehead atoms. The van der Waals surface area contributed by atoms with Crippen LogP contribution in [0.2, 0.25) is 0 Å². The Kier molecular flexibility index (Phi) is 4.14. The van der Waals surface area contributed by atoms with Crippen LogP contribution in [0.4, 0.5) is 0 Å². The van der Waals surface area contributed by atoms with E-state index in [1.54, 1.807) is 11.3 Å². The summed E-state index contributed by atoms with van der Waals surface area (Å²) in [7, 11) is 1.98. The van der Waals surface area contributed by atoms with Gasteiger partial charge in [-0.15, -0.1) is 11.3 Å². The lowest BCUT2D eigenvalue weighted by atomic mass is 9.85. The lowest BCUT2D eigenvalue weighted by Crippen LogP contribution is -2.51. The van der Waals surface area contributed by atoms with Crippen molar-refractivity contribution in [2.45, 2.75) is 37.8 Å². The predicted molar refractivity (Wildman–Crippen MR) is 96.8 cm³/mol. The van der Waals surface area contributed by atoms with Gasteiger partial charge >= 0.3 is 0 Å². The first-order valence-corrected chi connectivity index (χ1v) is 9.53. The highest BCUT2D eigenvalue weighted by atomic mass is 32.1. The van der Waals surface area contributed by atoms with E-state index < -0.39 is 0 Å². The first kappa shape index (κ1) is 15.8. The number of rotatable bonds is 3. The van der Waals surface area contributed by atoms with Gasteiger partial charge in [0.05, 0.1) is 12.2 Å². The molecule has 4 nitrogen and oxygen atoms in total. The van der Waals surface area contributed by atoms with Gasteiger partial charge < -0.3 is 4.90 Å². The number of amides is 1. The van der Waals surface area contributed by atoms with Gasteiger partial charge in [-0.1, -0.05) is 30.3 Å². The van der Waals surface area contributed by atoms with Crippen LogP contribution < -0.4 is 0 Å². The van der Waals surface area contributed by atoms with Gasteiger partial charge in [-0.2, -0.15) is 0 Å². The number of carbonyl (C=O) groups excluding carboxylic acids is 1. The maximum atomic E-state index is 11.9. The molecule has 1 amide bonds. The maximum absolute atomic E-state index is 11.9. The second kappa shape index (κ2) is 6.30. The molecule has 0 N–H and O–H groups in total. The minimum Gasteiger partial charge on any atom is -0.340 e. The van der Waals surface area contributed by atoms with E-state index >= 15 is 0 Å². The summed E-state index contributed by atoms with van der Waals surface area (Å²) in [5.74, 6) is 0.316. The minimum absolute atomic E-state index is 0.131. The summed E-state index contributed by atoms with van der Waals surface area (Å²) in [6.45, 7) is 3.03. The van der Waals surface area contributed by atoms with Crippen molar-refractivity contribution < 1.29 is 4.79 Å². The molecule has 4 rings (SSSR count). The van der Waals surface area contributed by atoms with E-state index in [4.69, 9.17) is 4.98 Å². The minimum atomic E-state index is 0.131. The van der Waals surface area contributed by atoms with Crippen LogP contribution in [0.25, 0.3) is 11.3 Å². The number of aromatic nitrogens is 1. The molecule has 0 atom stereocenters. The van der Waals surface area contributed by atoms with Crippen LogP contribution in [0.3, 0.4) is 0 Å². The highest BCUT2D eigenvalue weighted by molar-refractivity contribution is 7.09. The molecule has 2 fully saturated rings. The Labute approximate surface area is 147 Å². The van der Waals surface area contributed by atoms with Crippen LogP contribution in [0.15, 0.2) is 35.7 Å². The van der Waals surface area contributed by atoms with Crippen molar-refractivity contribution in [3.8, 4) is 11.3 Å². The van der Waals surface area contributed by atoms with Crippen LogP contribution in [0.1, 0.15) is 30.7 Å². The Bertz CT molecular complexity index is 719. The molecule has 0 aliphatic carbocycles. The average molecular weight is 341 g/mol. The fourth-order valence-electron chi connectivity index (χ4n) is 3.97. The predicted octanol–water partition coefficient (Wildman–Crippen LogP) is 3.40. The number of benzene rings is 1. The zero-order valence-corrected chi connectivity index (χ0v) is 14.9. The SMILES string of the molecule is CN1C(=O)CCC12CCN(Cc1nc(-c3ccccc3)cs1)CC2. The van der Waals surface area contributed by atoms with E-state index in [0.29, 0.717) is 5.91 Å². The molecule has 0 unspecified atom stereocenters. The number of hydrogen-bond acceptors (Lipinski definition) is 4. The summed E-state index contributed by atoms with van der Waals surface area (Å²) < 4.78 is 0. The van der Waals surface area contributed by atoms with Gasteiger partial charge in [0.15, 0.2) is 0 Å². The second-order valence-corrected chi connectivity index (χ2v) is 7.89. The van der Waals surface area contributed by atoms with Gasteiger partial charge in [0.1, 0.15) is 5.01 Å². The maximum Gasteiger partial charge on any atom is 0.222 e. The van der Waals surface area contributed by atoms with Gasteiger partial charge in [0.2, 0.25) is 5.91 Å². The van der Waals surface area contributed by atoms with Crippen LogP contribution in [-0.4, -0.2) is 46.4 Å². The van der Waals surface area contributed by atoms with Crippen molar-refractivity contribution >= 4 is 17.2 Å². The molecule has 5 heteroatoms. The normalized spacial score (nSPS) is 20.9. The summed E-state index contributed by atoms with van der Waals surface area (Å²) in [6.07, 6.45) is 3.94. The largest absolute Gasteiger partial charge is 0.340 e. The van der Waals surface area contributed by atoms with Crippen molar-refractivity contribution in [1.82, 2.24) is 14.8 Å². The van der Waals surface area contributed by atoms with Crippen molar-refractivity contribution in [3.63, 3.8) is 0 Å². The highest BCUT2D eigenvalue weighted by Gasteiger charge is 2.44. The molecule has 3 heterocycles. The Morgan fingerprint density at radius 3 is 2.58 bits per heavy atom. The van der Waals surface area contributed by atoms with E-state index in [9.17, 15) is 4.79 Å². The fourth-order valence-corrected chi connectivity index (χ4v) is 4.81. The first-order valence-electron chi connectivity index (χ1n) is 8.65. The third kappa shape index (κ3) is 2.87. The molecule has 126 valence electrons. The molecular weight excluding hydrogens is 318 g/mol. The number of thiazole rings is 1. The summed E-state index contributed by atoms with van der Waals surface area (Å²) in [5, 5.41) is 3.33. The molecule has 24 heavy (non-hydrogen) atoms. The number of nitrogens with zero attached hydrogens (tertiary/aromatic N) is 3.